The fraction of sp³-hybridized carbons (Fsp3) is 0.522. The van der Waals surface area contributed by atoms with Gasteiger partial charge < -0.3 is 14.0 Å². The standard InChI is InChI=1S/C23H29N3O5/c1-15-12-21(24-31-15)26-22(27)14-18(23(26)28)25-10-8-16(9-11-25)4-5-17-6-7-19(29-2)20(13-17)30-3/h6-7,12-13,16,18H,4-5,8-11,14H2,1-3H3/t18-/m0/s1. The molecule has 0 radical (unpaired) electrons. The van der Waals surface area contributed by atoms with Crippen LogP contribution in [0.25, 0.3) is 0 Å². The lowest BCUT2D eigenvalue weighted by Gasteiger charge is -2.34. The van der Waals surface area contributed by atoms with Gasteiger partial charge in [-0.3, -0.25) is 14.5 Å². The maximum absolute atomic E-state index is 12.9. The minimum absolute atomic E-state index is 0.193. The summed E-state index contributed by atoms with van der Waals surface area (Å²) >= 11 is 0. The van der Waals surface area contributed by atoms with Crippen LogP contribution in [-0.2, 0) is 16.0 Å². The topological polar surface area (TPSA) is 85.1 Å². The molecule has 2 aromatic rings. The van der Waals surface area contributed by atoms with Gasteiger partial charge in [0.05, 0.1) is 26.7 Å². The van der Waals surface area contributed by atoms with E-state index in [1.807, 2.05) is 12.1 Å². The van der Waals surface area contributed by atoms with Gasteiger partial charge in [0, 0.05) is 6.07 Å². The number of likely N-dealkylation sites (tertiary alicyclic amines) is 1. The first-order valence-electron chi connectivity index (χ1n) is 10.7. The zero-order valence-corrected chi connectivity index (χ0v) is 18.3. The minimum atomic E-state index is -0.392. The van der Waals surface area contributed by atoms with Crippen molar-refractivity contribution in [3.63, 3.8) is 0 Å². The molecule has 8 heteroatoms. The van der Waals surface area contributed by atoms with Crippen molar-refractivity contribution in [1.82, 2.24) is 10.1 Å². The lowest BCUT2D eigenvalue weighted by atomic mass is 9.89. The highest BCUT2D eigenvalue weighted by molar-refractivity contribution is 6.21. The van der Waals surface area contributed by atoms with Crippen LogP contribution in [0.5, 0.6) is 11.5 Å². The maximum atomic E-state index is 12.9. The van der Waals surface area contributed by atoms with Gasteiger partial charge >= 0.3 is 0 Å². The number of rotatable bonds is 7. The molecule has 3 heterocycles. The maximum Gasteiger partial charge on any atom is 0.252 e. The van der Waals surface area contributed by atoms with Gasteiger partial charge in [0.1, 0.15) is 5.76 Å². The molecule has 0 aliphatic carbocycles. The Hall–Kier alpha value is -2.87. The van der Waals surface area contributed by atoms with Crippen LogP contribution in [0.3, 0.4) is 0 Å². The molecule has 1 atom stereocenters. The van der Waals surface area contributed by atoms with Crippen LogP contribution >= 0.6 is 0 Å². The highest BCUT2D eigenvalue weighted by Crippen LogP contribution is 2.31. The van der Waals surface area contributed by atoms with E-state index in [2.05, 4.69) is 16.1 Å². The molecule has 2 saturated heterocycles. The van der Waals surface area contributed by atoms with Crippen LogP contribution in [0, 0.1) is 12.8 Å². The smallest absolute Gasteiger partial charge is 0.252 e. The second kappa shape index (κ2) is 9.09. The molecular weight excluding hydrogens is 398 g/mol. The number of imide groups is 1. The van der Waals surface area contributed by atoms with Gasteiger partial charge in [0.25, 0.3) is 5.91 Å². The number of carbonyl (C=O) groups excluding carboxylic acids is 2. The third-order valence-corrected chi connectivity index (χ3v) is 6.35. The van der Waals surface area contributed by atoms with Crippen LogP contribution < -0.4 is 14.4 Å². The van der Waals surface area contributed by atoms with Gasteiger partial charge in [-0.1, -0.05) is 11.2 Å². The van der Waals surface area contributed by atoms with Crippen molar-refractivity contribution in [3.05, 3.63) is 35.6 Å². The molecule has 8 nitrogen and oxygen atoms in total. The van der Waals surface area contributed by atoms with E-state index in [-0.39, 0.29) is 18.2 Å². The summed E-state index contributed by atoms with van der Waals surface area (Å²) in [7, 11) is 3.29. The number of anilines is 1. The van der Waals surface area contributed by atoms with Crippen LogP contribution in [0.15, 0.2) is 28.8 Å². The van der Waals surface area contributed by atoms with Crippen molar-refractivity contribution in [3.8, 4) is 11.5 Å². The van der Waals surface area contributed by atoms with Crippen molar-refractivity contribution in [2.75, 3.05) is 32.2 Å². The summed E-state index contributed by atoms with van der Waals surface area (Å²) in [6.45, 7) is 3.39. The van der Waals surface area contributed by atoms with E-state index >= 15 is 0 Å². The largest absolute Gasteiger partial charge is 0.493 e. The molecule has 0 N–H and O–H groups in total. The van der Waals surface area contributed by atoms with Crippen LogP contribution in [0.4, 0.5) is 5.82 Å². The molecule has 4 rings (SSSR count). The Morgan fingerprint density at radius 3 is 2.48 bits per heavy atom. The zero-order chi connectivity index (χ0) is 22.0. The van der Waals surface area contributed by atoms with E-state index in [0.717, 1.165) is 50.3 Å². The number of methoxy groups -OCH3 is 2. The van der Waals surface area contributed by atoms with Crippen LogP contribution in [-0.4, -0.2) is 55.2 Å². The van der Waals surface area contributed by atoms with Gasteiger partial charge in [-0.2, -0.15) is 0 Å². The molecule has 31 heavy (non-hydrogen) atoms. The lowest BCUT2D eigenvalue weighted by molar-refractivity contribution is -0.123. The monoisotopic (exact) mass is 427 g/mol. The van der Waals surface area contributed by atoms with E-state index in [4.69, 9.17) is 14.0 Å². The Balaban J connectivity index is 1.30. The molecule has 1 aromatic carbocycles. The van der Waals surface area contributed by atoms with E-state index < -0.39 is 6.04 Å². The predicted octanol–water partition coefficient (Wildman–Crippen LogP) is 2.98. The van der Waals surface area contributed by atoms with Crippen molar-refractivity contribution < 1.29 is 23.6 Å². The summed E-state index contributed by atoms with van der Waals surface area (Å²) in [5, 5.41) is 3.84. The van der Waals surface area contributed by atoms with Gasteiger partial charge in [-0.25, -0.2) is 4.90 Å². The number of aryl methyl sites for hydroxylation is 2. The minimum Gasteiger partial charge on any atom is -0.493 e. The molecule has 0 spiro atoms. The van der Waals surface area contributed by atoms with E-state index in [1.165, 1.54) is 10.5 Å². The number of piperidine rings is 1. The number of nitrogens with zero attached hydrogens (tertiary/aromatic N) is 3. The highest BCUT2D eigenvalue weighted by atomic mass is 16.5. The Morgan fingerprint density at radius 1 is 1.10 bits per heavy atom. The quantitative estimate of drug-likeness (QED) is 0.628. The van der Waals surface area contributed by atoms with Gasteiger partial charge in [0.15, 0.2) is 17.3 Å². The van der Waals surface area contributed by atoms with E-state index in [9.17, 15) is 9.59 Å². The normalized spacial score (nSPS) is 20.5. The molecule has 0 unspecified atom stereocenters. The predicted molar refractivity (Wildman–Crippen MR) is 114 cm³/mol. The second-order valence-electron chi connectivity index (χ2n) is 8.29. The molecule has 2 aliphatic heterocycles. The third kappa shape index (κ3) is 4.44. The van der Waals surface area contributed by atoms with Crippen molar-refractivity contribution in [1.29, 1.82) is 0 Å². The molecule has 166 valence electrons. The van der Waals surface area contributed by atoms with Crippen molar-refractivity contribution >= 4 is 17.6 Å². The highest BCUT2D eigenvalue weighted by Gasteiger charge is 2.44. The number of amides is 2. The van der Waals surface area contributed by atoms with Crippen LogP contribution in [0.1, 0.15) is 37.0 Å². The number of hydrogen-bond acceptors (Lipinski definition) is 7. The summed E-state index contributed by atoms with van der Waals surface area (Å²) in [6, 6.07) is 7.30. The van der Waals surface area contributed by atoms with Crippen molar-refractivity contribution in [2.24, 2.45) is 5.92 Å². The number of aromatic nitrogens is 1. The zero-order valence-electron chi connectivity index (χ0n) is 18.3. The first-order chi connectivity index (χ1) is 15.0. The summed E-state index contributed by atoms with van der Waals surface area (Å²) in [6.07, 6.45) is 4.32. The molecule has 2 amide bonds. The van der Waals surface area contributed by atoms with E-state index in [1.54, 1.807) is 27.2 Å². The molecular formula is C23H29N3O5. The average molecular weight is 428 g/mol. The molecule has 0 bridgehead atoms. The van der Waals surface area contributed by atoms with Crippen LogP contribution in [0.2, 0.25) is 0 Å². The Morgan fingerprint density at radius 2 is 1.84 bits per heavy atom. The summed E-state index contributed by atoms with van der Waals surface area (Å²) in [4.78, 5) is 28.7. The SMILES string of the molecule is COc1ccc(CCC2CCN([C@H]3CC(=O)N(c4cc(C)on4)C3=O)CC2)cc1OC. The fourth-order valence-corrected chi connectivity index (χ4v) is 4.56. The van der Waals surface area contributed by atoms with Crippen molar-refractivity contribution in [2.45, 2.75) is 45.1 Å². The van der Waals surface area contributed by atoms with Gasteiger partial charge in [0.2, 0.25) is 5.91 Å². The number of benzene rings is 1. The second-order valence-corrected chi connectivity index (χ2v) is 8.29. The number of carbonyl (C=O) groups is 2. The fourth-order valence-electron chi connectivity index (χ4n) is 4.56. The summed E-state index contributed by atoms with van der Waals surface area (Å²) in [5.74, 6) is 2.57. The molecule has 2 aliphatic rings. The average Bonchev–Trinajstić information content (AvgIpc) is 3.34. The Kier molecular flexibility index (Phi) is 6.27. The first-order valence-corrected chi connectivity index (χ1v) is 10.7. The Labute approximate surface area is 182 Å². The summed E-state index contributed by atoms with van der Waals surface area (Å²) in [5.41, 5.74) is 1.23. The van der Waals surface area contributed by atoms with Gasteiger partial charge in [-0.05, 0) is 69.3 Å². The number of hydrogen-bond donors (Lipinski definition) is 0. The molecule has 0 saturated carbocycles. The lowest BCUT2D eigenvalue weighted by Crippen LogP contribution is -2.46. The summed E-state index contributed by atoms with van der Waals surface area (Å²) < 4.78 is 15.7. The third-order valence-electron chi connectivity index (χ3n) is 6.35. The first kappa shape index (κ1) is 21.4. The molecule has 2 fully saturated rings. The Bertz CT molecular complexity index is 948. The number of ether oxygens (including phenoxy) is 2. The molecule has 1 aromatic heterocycles. The van der Waals surface area contributed by atoms with E-state index in [0.29, 0.717) is 17.5 Å². The van der Waals surface area contributed by atoms with Gasteiger partial charge in [-0.15, -0.1) is 0 Å².